The summed E-state index contributed by atoms with van der Waals surface area (Å²) in [6.45, 7) is 0.772. The van der Waals surface area contributed by atoms with Gasteiger partial charge in [0, 0.05) is 18.7 Å². The van der Waals surface area contributed by atoms with Crippen LogP contribution in [0.1, 0.15) is 31.2 Å². The molecule has 1 aliphatic carbocycles. The number of rotatable bonds is 0. The third kappa shape index (κ3) is 1.34. The molecule has 3 heteroatoms. The maximum absolute atomic E-state index is 9.58. The first-order chi connectivity index (χ1) is 9.86. The van der Waals surface area contributed by atoms with Gasteiger partial charge < -0.3 is 10.1 Å². The number of hydrogen-bond donors (Lipinski definition) is 1. The van der Waals surface area contributed by atoms with Gasteiger partial charge in [0.1, 0.15) is 12.0 Å². The third-order valence-electron chi connectivity index (χ3n) is 4.76. The summed E-state index contributed by atoms with van der Waals surface area (Å²) in [6, 6.07) is 10.7. The van der Waals surface area contributed by atoms with Crippen LogP contribution in [0.4, 0.5) is 5.69 Å². The average Bonchev–Trinajstić information content (AvgIpc) is 2.89. The van der Waals surface area contributed by atoms with E-state index in [0.29, 0.717) is 0 Å². The highest BCUT2D eigenvalue weighted by Crippen LogP contribution is 2.52. The van der Waals surface area contributed by atoms with E-state index in [4.69, 9.17) is 4.74 Å². The molecular formula is C17H16N2O. The Hall–Kier alpha value is -2.21. The molecule has 1 aromatic rings. The van der Waals surface area contributed by atoms with Gasteiger partial charge in [-0.3, -0.25) is 0 Å². The molecule has 0 bridgehead atoms. The first-order valence-electron chi connectivity index (χ1n) is 7.19. The summed E-state index contributed by atoms with van der Waals surface area (Å²) < 4.78 is 5.75. The Morgan fingerprint density at radius 2 is 2.05 bits per heavy atom. The van der Waals surface area contributed by atoms with Crippen LogP contribution in [0.2, 0.25) is 0 Å². The summed E-state index contributed by atoms with van der Waals surface area (Å²) in [5.41, 5.74) is 4.13. The van der Waals surface area contributed by atoms with Crippen LogP contribution in [-0.4, -0.2) is 6.54 Å². The van der Waals surface area contributed by atoms with Crippen molar-refractivity contribution >= 4 is 5.69 Å². The van der Waals surface area contributed by atoms with Crippen molar-refractivity contribution in [2.75, 3.05) is 11.9 Å². The van der Waals surface area contributed by atoms with Crippen molar-refractivity contribution < 1.29 is 4.74 Å². The van der Waals surface area contributed by atoms with E-state index in [9.17, 15) is 5.26 Å². The number of nitrogens with zero attached hydrogens (tertiary/aromatic N) is 1. The Balaban J connectivity index is 1.97. The molecule has 1 spiro atoms. The highest BCUT2D eigenvalue weighted by Gasteiger charge is 2.49. The van der Waals surface area contributed by atoms with Crippen molar-refractivity contribution in [2.45, 2.75) is 31.1 Å². The summed E-state index contributed by atoms with van der Waals surface area (Å²) in [5, 5.41) is 13.1. The fourth-order valence-electron chi connectivity index (χ4n) is 3.82. The van der Waals surface area contributed by atoms with E-state index < -0.39 is 0 Å². The quantitative estimate of drug-likeness (QED) is 0.778. The van der Waals surface area contributed by atoms with Gasteiger partial charge in [-0.25, -0.2) is 0 Å². The maximum atomic E-state index is 9.58. The minimum atomic E-state index is -0.292. The van der Waals surface area contributed by atoms with E-state index >= 15 is 0 Å². The Labute approximate surface area is 118 Å². The first-order valence-corrected chi connectivity index (χ1v) is 7.19. The van der Waals surface area contributed by atoms with E-state index in [0.717, 1.165) is 36.4 Å². The zero-order valence-electron chi connectivity index (χ0n) is 11.3. The Morgan fingerprint density at radius 3 is 2.95 bits per heavy atom. The predicted octanol–water partition coefficient (Wildman–Crippen LogP) is 3.62. The molecule has 2 heterocycles. The summed E-state index contributed by atoms with van der Waals surface area (Å²) >= 11 is 0. The molecule has 1 aromatic carbocycles. The molecule has 0 fully saturated rings. The molecular weight excluding hydrogens is 248 g/mol. The smallest absolute Gasteiger partial charge is 0.106 e. The second-order valence-corrected chi connectivity index (χ2v) is 5.67. The van der Waals surface area contributed by atoms with E-state index in [1.165, 1.54) is 24.0 Å². The molecule has 1 atom stereocenters. The molecule has 0 radical (unpaired) electrons. The second-order valence-electron chi connectivity index (χ2n) is 5.67. The lowest BCUT2D eigenvalue weighted by atomic mass is 9.66. The van der Waals surface area contributed by atoms with Gasteiger partial charge in [-0.2, -0.15) is 5.26 Å². The highest BCUT2D eigenvalue weighted by atomic mass is 16.5. The number of nitrogens with one attached hydrogen (secondary N) is 1. The minimum Gasteiger partial charge on any atom is -0.468 e. The number of hydrogen-bond acceptors (Lipinski definition) is 3. The van der Waals surface area contributed by atoms with Crippen molar-refractivity contribution in [3.8, 4) is 6.07 Å². The zero-order chi connectivity index (χ0) is 13.6. The minimum absolute atomic E-state index is 0.292. The van der Waals surface area contributed by atoms with Gasteiger partial charge in [-0.15, -0.1) is 0 Å². The normalized spacial score (nSPS) is 27.1. The number of nitriles is 1. The molecule has 4 rings (SSSR count). The van der Waals surface area contributed by atoms with Crippen LogP contribution in [0, 0.1) is 11.3 Å². The van der Waals surface area contributed by atoms with Crippen molar-refractivity contribution in [1.29, 1.82) is 5.26 Å². The second kappa shape index (κ2) is 4.14. The summed E-state index contributed by atoms with van der Waals surface area (Å²) in [4.78, 5) is 0. The lowest BCUT2D eigenvalue weighted by molar-refractivity contribution is 0.278. The van der Waals surface area contributed by atoms with Crippen LogP contribution in [0.15, 0.2) is 47.4 Å². The summed E-state index contributed by atoms with van der Waals surface area (Å²) in [7, 11) is 0. The Kier molecular flexibility index (Phi) is 2.40. The summed E-state index contributed by atoms with van der Waals surface area (Å²) in [6.07, 6.45) is 6.07. The van der Waals surface area contributed by atoms with E-state index in [2.05, 4.69) is 29.6 Å². The predicted molar refractivity (Wildman–Crippen MR) is 76.9 cm³/mol. The Morgan fingerprint density at radius 1 is 1.20 bits per heavy atom. The highest BCUT2D eigenvalue weighted by molar-refractivity contribution is 5.70. The summed E-state index contributed by atoms with van der Waals surface area (Å²) in [5.74, 6) is 1.09. The van der Waals surface area contributed by atoms with Crippen LogP contribution >= 0.6 is 0 Å². The number of benzene rings is 1. The van der Waals surface area contributed by atoms with Gasteiger partial charge in [0.2, 0.25) is 0 Å². The molecule has 1 N–H and O–H groups in total. The van der Waals surface area contributed by atoms with E-state index in [1.54, 1.807) is 6.26 Å². The fourth-order valence-corrected chi connectivity index (χ4v) is 3.82. The van der Waals surface area contributed by atoms with Crippen LogP contribution in [0.5, 0.6) is 0 Å². The average molecular weight is 264 g/mol. The van der Waals surface area contributed by atoms with Gasteiger partial charge in [0.25, 0.3) is 0 Å². The van der Waals surface area contributed by atoms with Crippen molar-refractivity contribution in [2.24, 2.45) is 0 Å². The first kappa shape index (κ1) is 11.6. The van der Waals surface area contributed by atoms with Gasteiger partial charge in [-0.05, 0) is 36.5 Å². The molecule has 0 aromatic heterocycles. The standard InChI is InChI=1S/C17H16N2O/c18-9-12-10-20-16-8-4-2-6-14(16)17(12)11-19-15-7-3-1-5-13(15)17/h1,3,5,7,10,19H,2,4,6,8,11H2. The SMILES string of the molecule is N#CC1=COC2=C(CCCC2)C12CNc1ccccc12. The maximum Gasteiger partial charge on any atom is 0.106 e. The van der Waals surface area contributed by atoms with Crippen LogP contribution < -0.4 is 5.32 Å². The molecule has 0 saturated heterocycles. The molecule has 3 aliphatic rings. The fraction of sp³-hybridized carbons (Fsp3) is 0.353. The molecule has 0 saturated carbocycles. The topological polar surface area (TPSA) is 45.0 Å². The van der Waals surface area contributed by atoms with Gasteiger partial charge in [0.05, 0.1) is 17.1 Å². The third-order valence-corrected chi connectivity index (χ3v) is 4.76. The van der Waals surface area contributed by atoms with Crippen molar-refractivity contribution in [3.63, 3.8) is 0 Å². The Bertz CT molecular complexity index is 680. The zero-order valence-corrected chi connectivity index (χ0v) is 11.3. The number of allylic oxidation sites excluding steroid dienone is 1. The van der Waals surface area contributed by atoms with Gasteiger partial charge >= 0.3 is 0 Å². The molecule has 3 nitrogen and oxygen atoms in total. The van der Waals surface area contributed by atoms with E-state index in [-0.39, 0.29) is 5.41 Å². The molecule has 0 amide bonds. The molecule has 1 unspecified atom stereocenters. The van der Waals surface area contributed by atoms with Crippen molar-refractivity contribution in [1.82, 2.24) is 0 Å². The molecule has 20 heavy (non-hydrogen) atoms. The van der Waals surface area contributed by atoms with Crippen LogP contribution in [0.3, 0.4) is 0 Å². The number of fused-ring (bicyclic) bond motifs is 3. The monoisotopic (exact) mass is 264 g/mol. The largest absolute Gasteiger partial charge is 0.468 e. The molecule has 100 valence electrons. The van der Waals surface area contributed by atoms with Crippen molar-refractivity contribution in [3.05, 3.63) is 53.0 Å². The number of para-hydroxylation sites is 1. The molecule has 2 aliphatic heterocycles. The number of ether oxygens (including phenoxy) is 1. The van der Waals surface area contributed by atoms with Gasteiger partial charge in [-0.1, -0.05) is 18.2 Å². The van der Waals surface area contributed by atoms with E-state index in [1.807, 2.05) is 6.07 Å². The lowest BCUT2D eigenvalue weighted by Gasteiger charge is -2.38. The number of anilines is 1. The van der Waals surface area contributed by atoms with Crippen LogP contribution in [-0.2, 0) is 10.2 Å². The van der Waals surface area contributed by atoms with Gasteiger partial charge in [0.15, 0.2) is 0 Å². The lowest BCUT2D eigenvalue weighted by Crippen LogP contribution is -2.37. The van der Waals surface area contributed by atoms with Crippen LogP contribution in [0.25, 0.3) is 0 Å².